The number of rotatable bonds is 6. The monoisotopic (exact) mass is 346 g/mol. The van der Waals surface area contributed by atoms with Gasteiger partial charge in [-0.1, -0.05) is 12.0 Å². The van der Waals surface area contributed by atoms with Gasteiger partial charge in [0.25, 0.3) is 0 Å². The molecule has 2 unspecified atom stereocenters. The fourth-order valence-electron chi connectivity index (χ4n) is 2.42. The first-order valence-corrected chi connectivity index (χ1v) is 7.46. The van der Waals surface area contributed by atoms with Crippen LogP contribution in [0.4, 0.5) is 13.2 Å². The highest BCUT2D eigenvalue weighted by Crippen LogP contribution is 2.35. The molecule has 7 heteroatoms. The molecular weight excluding hydrogens is 329 g/mol. The van der Waals surface area contributed by atoms with Crippen LogP contribution >= 0.6 is 0 Å². The van der Waals surface area contributed by atoms with Gasteiger partial charge >= 0.3 is 0 Å². The van der Waals surface area contributed by atoms with Crippen LogP contribution < -0.4 is 5.84 Å². The molecule has 2 atom stereocenters. The van der Waals surface area contributed by atoms with Crippen molar-refractivity contribution in [2.24, 2.45) is 5.84 Å². The van der Waals surface area contributed by atoms with E-state index >= 15 is 4.39 Å². The molecule has 3 N–H and O–H groups in total. The lowest BCUT2D eigenvalue weighted by Crippen LogP contribution is -2.35. The first-order chi connectivity index (χ1) is 12.0. The van der Waals surface area contributed by atoms with Crippen molar-refractivity contribution < 1.29 is 13.2 Å². The minimum absolute atomic E-state index is 0.0366. The maximum Gasteiger partial charge on any atom is 0.151 e. The highest BCUT2D eigenvalue weighted by Gasteiger charge is 2.29. The van der Waals surface area contributed by atoms with Crippen LogP contribution in [0, 0.1) is 28.9 Å². The van der Waals surface area contributed by atoms with Gasteiger partial charge in [-0.2, -0.15) is 0 Å². The molecule has 1 aromatic heterocycles. The van der Waals surface area contributed by atoms with Crippen molar-refractivity contribution in [1.82, 2.24) is 9.99 Å². The van der Waals surface area contributed by atoms with Gasteiger partial charge in [0.1, 0.15) is 11.6 Å². The zero-order valence-corrected chi connectivity index (χ0v) is 13.5. The van der Waals surface area contributed by atoms with Gasteiger partial charge in [-0.3, -0.25) is 10.4 Å². The van der Waals surface area contributed by atoms with E-state index < -0.39 is 23.7 Å². The van der Waals surface area contributed by atoms with Gasteiger partial charge in [-0.05, 0) is 30.7 Å². The van der Waals surface area contributed by atoms with Crippen LogP contribution in [-0.4, -0.2) is 22.9 Å². The Balaban J connectivity index is 2.39. The Morgan fingerprint density at radius 3 is 2.64 bits per heavy atom. The number of hydrogen-bond acceptors (Lipinski definition) is 3. The second kappa shape index (κ2) is 8.31. The molecule has 0 fully saturated rings. The molecule has 0 radical (unpaired) electrons. The number of hydrogen-bond donors (Lipinski definition) is 2. The summed E-state index contributed by atoms with van der Waals surface area (Å²) in [5.74, 6) is 8.37. The number of hydrazine groups is 1. The molecule has 4 nitrogen and oxygen atoms in total. The number of pyridine rings is 1. The molecule has 0 saturated heterocycles. The lowest BCUT2D eigenvalue weighted by Gasteiger charge is -2.25. The van der Waals surface area contributed by atoms with Crippen LogP contribution in [0.3, 0.4) is 0 Å². The highest BCUT2D eigenvalue weighted by atomic mass is 19.1. The number of nitrogens with zero attached hydrogens (tertiary/aromatic N) is 2. The van der Waals surface area contributed by atoms with Crippen molar-refractivity contribution in [3.63, 3.8) is 0 Å². The van der Waals surface area contributed by atoms with Crippen LogP contribution in [0.5, 0.6) is 0 Å². The van der Waals surface area contributed by atoms with E-state index in [9.17, 15) is 8.78 Å². The van der Waals surface area contributed by atoms with Crippen LogP contribution in [0.15, 0.2) is 36.5 Å². The van der Waals surface area contributed by atoms with E-state index in [-0.39, 0.29) is 17.8 Å². The van der Waals surface area contributed by atoms with Crippen LogP contribution in [0.2, 0.25) is 0 Å². The summed E-state index contributed by atoms with van der Waals surface area (Å²) >= 11 is 0. The highest BCUT2D eigenvalue weighted by molar-refractivity contribution is 5.49. The number of halogens is 3. The molecule has 0 saturated carbocycles. The average molecular weight is 346 g/mol. The van der Waals surface area contributed by atoms with Crippen molar-refractivity contribution in [2.45, 2.75) is 19.0 Å². The average Bonchev–Trinajstić information content (AvgIpc) is 2.60. The number of nitrogens with one attached hydrogen (secondary N) is 1. The first-order valence-electron chi connectivity index (χ1n) is 7.46. The summed E-state index contributed by atoms with van der Waals surface area (Å²) in [5, 5.41) is 8.07. The van der Waals surface area contributed by atoms with E-state index in [1.165, 1.54) is 18.3 Å². The molecule has 0 aliphatic heterocycles. The zero-order valence-electron chi connectivity index (χ0n) is 13.5. The summed E-state index contributed by atoms with van der Waals surface area (Å²) in [4.78, 5) is 4.03. The van der Waals surface area contributed by atoms with E-state index in [1.54, 1.807) is 13.0 Å². The fourth-order valence-corrected chi connectivity index (χ4v) is 2.42. The number of alkyl halides is 1. The summed E-state index contributed by atoms with van der Waals surface area (Å²) < 4.78 is 42.3. The third-order valence-electron chi connectivity index (χ3n) is 3.63. The molecule has 1 heterocycles. The Morgan fingerprint density at radius 1 is 1.32 bits per heavy atom. The van der Waals surface area contributed by atoms with Gasteiger partial charge in [0.2, 0.25) is 0 Å². The normalized spacial score (nSPS) is 12.7. The number of aromatic nitrogens is 1. The Labute approximate surface area is 144 Å². The Kier molecular flexibility index (Phi) is 6.14. The second-order valence-electron chi connectivity index (χ2n) is 5.35. The summed E-state index contributed by atoms with van der Waals surface area (Å²) in [6.07, 6.45) is 0.525. The Bertz CT molecular complexity index is 796. The molecule has 0 bridgehead atoms. The summed E-state index contributed by atoms with van der Waals surface area (Å²) in [5.41, 5.74) is 0.669. The lowest BCUT2D eigenvalue weighted by atomic mass is 9.91. The van der Waals surface area contributed by atoms with E-state index in [0.717, 1.165) is 17.4 Å². The molecule has 0 spiro atoms. The third-order valence-corrected chi connectivity index (χ3v) is 3.63. The van der Waals surface area contributed by atoms with E-state index in [1.807, 2.05) is 0 Å². The van der Waals surface area contributed by atoms with E-state index in [4.69, 9.17) is 11.3 Å². The van der Waals surface area contributed by atoms with Gasteiger partial charge in [0.15, 0.2) is 6.17 Å². The van der Waals surface area contributed by atoms with Gasteiger partial charge in [0.05, 0.1) is 12.0 Å². The van der Waals surface area contributed by atoms with Gasteiger partial charge < -0.3 is 5.01 Å². The van der Waals surface area contributed by atoms with Crippen LogP contribution in [0.25, 0.3) is 0 Å². The molecule has 25 heavy (non-hydrogen) atoms. The van der Waals surface area contributed by atoms with E-state index in [2.05, 4.69) is 16.8 Å². The maximum atomic E-state index is 15.1. The van der Waals surface area contributed by atoms with Crippen LogP contribution in [-0.2, 0) is 0 Å². The molecular formula is C18H17F3N4. The van der Waals surface area contributed by atoms with Gasteiger partial charge in [0, 0.05) is 30.3 Å². The second-order valence-corrected chi connectivity index (χ2v) is 5.35. The van der Waals surface area contributed by atoms with Crippen molar-refractivity contribution in [3.05, 3.63) is 65.0 Å². The molecule has 1 aromatic carbocycles. The largest absolute Gasteiger partial charge is 0.301 e. The molecule has 0 aliphatic carbocycles. The molecule has 130 valence electrons. The number of benzene rings is 1. The number of nitrogens with two attached hydrogens (primary N) is 1. The van der Waals surface area contributed by atoms with Crippen molar-refractivity contribution in [3.8, 4) is 11.8 Å². The standard InChI is InChI=1S/C18H17F3N4/c1-2-3-12-4-7-17(24-9-12)18(21)15(10-25(23)11-22)14-6-5-13(19)8-16(14)20/h4-9,11,15,18,22H,10,23H2,1H3. The van der Waals surface area contributed by atoms with Crippen molar-refractivity contribution >= 4 is 6.34 Å². The summed E-state index contributed by atoms with van der Waals surface area (Å²) in [6, 6.07) is 5.99. The zero-order chi connectivity index (χ0) is 18.4. The molecule has 2 rings (SSSR count). The third kappa shape index (κ3) is 4.58. The van der Waals surface area contributed by atoms with Crippen LogP contribution in [0.1, 0.15) is 35.8 Å². The van der Waals surface area contributed by atoms with Gasteiger partial charge in [-0.15, -0.1) is 5.92 Å². The molecule has 0 amide bonds. The molecule has 0 aliphatic rings. The maximum absolute atomic E-state index is 15.1. The lowest BCUT2D eigenvalue weighted by molar-refractivity contribution is 0.241. The summed E-state index contributed by atoms with van der Waals surface area (Å²) in [6.45, 7) is 1.50. The summed E-state index contributed by atoms with van der Waals surface area (Å²) in [7, 11) is 0. The van der Waals surface area contributed by atoms with Crippen molar-refractivity contribution in [1.29, 1.82) is 5.41 Å². The Hall–Kier alpha value is -2.85. The Morgan fingerprint density at radius 2 is 2.08 bits per heavy atom. The smallest absolute Gasteiger partial charge is 0.151 e. The quantitative estimate of drug-likeness (QED) is 0.277. The van der Waals surface area contributed by atoms with Crippen molar-refractivity contribution in [2.75, 3.05) is 6.54 Å². The fraction of sp³-hybridized carbons (Fsp3) is 0.222. The van der Waals surface area contributed by atoms with Gasteiger partial charge in [-0.25, -0.2) is 19.0 Å². The predicted molar refractivity (Wildman–Crippen MR) is 89.4 cm³/mol. The minimum Gasteiger partial charge on any atom is -0.301 e. The first kappa shape index (κ1) is 18.5. The SMILES string of the molecule is CC#Cc1ccc(C(F)C(CN(N)C=N)c2ccc(F)cc2F)nc1. The minimum atomic E-state index is -1.70. The topological polar surface area (TPSA) is 66.0 Å². The predicted octanol–water partition coefficient (Wildman–Crippen LogP) is 3.31. The molecule has 2 aromatic rings. The van der Waals surface area contributed by atoms with E-state index in [0.29, 0.717) is 11.6 Å².